The molecule has 7 heteroatoms. The molecule has 0 aromatic heterocycles. The largest absolute Gasteiger partial charge is 0.348 e. The van der Waals surface area contributed by atoms with Crippen molar-refractivity contribution >= 4 is 15.9 Å². The quantitative estimate of drug-likeness (QED) is 0.813. The van der Waals surface area contributed by atoms with Crippen molar-refractivity contribution in [1.82, 2.24) is 14.9 Å². The SMILES string of the molecule is CC(C(=O)N(C)C)S(=O)(=O)NCc1ccc2c(c1)CNC2. The van der Waals surface area contributed by atoms with E-state index in [2.05, 4.69) is 10.0 Å². The first-order valence-corrected chi connectivity index (χ1v) is 8.37. The molecule has 2 N–H and O–H groups in total. The van der Waals surface area contributed by atoms with E-state index in [9.17, 15) is 13.2 Å². The molecular formula is C14H21N3O3S. The minimum absolute atomic E-state index is 0.195. The van der Waals surface area contributed by atoms with Crippen molar-refractivity contribution in [2.75, 3.05) is 14.1 Å². The number of carbonyl (C=O) groups excluding carboxylic acids is 1. The van der Waals surface area contributed by atoms with Gasteiger partial charge in [-0.2, -0.15) is 0 Å². The summed E-state index contributed by atoms with van der Waals surface area (Å²) in [6, 6.07) is 5.91. The van der Waals surface area contributed by atoms with Crippen molar-refractivity contribution in [3.8, 4) is 0 Å². The van der Waals surface area contributed by atoms with Crippen LogP contribution >= 0.6 is 0 Å². The van der Waals surface area contributed by atoms with E-state index >= 15 is 0 Å². The van der Waals surface area contributed by atoms with Crippen molar-refractivity contribution in [3.63, 3.8) is 0 Å². The fourth-order valence-corrected chi connectivity index (χ4v) is 3.36. The Labute approximate surface area is 125 Å². The Morgan fingerprint density at radius 1 is 1.33 bits per heavy atom. The Kier molecular flexibility index (Phi) is 4.65. The summed E-state index contributed by atoms with van der Waals surface area (Å²) in [6.45, 7) is 3.26. The molecule has 0 saturated carbocycles. The topological polar surface area (TPSA) is 78.5 Å². The zero-order valence-corrected chi connectivity index (χ0v) is 13.3. The number of amides is 1. The van der Waals surface area contributed by atoms with E-state index in [4.69, 9.17) is 0 Å². The third-order valence-electron chi connectivity index (χ3n) is 3.63. The number of fused-ring (bicyclic) bond motifs is 1. The molecule has 0 bridgehead atoms. The van der Waals surface area contributed by atoms with Gasteiger partial charge in [0.1, 0.15) is 0 Å². The number of hydrogen-bond acceptors (Lipinski definition) is 4. The number of nitrogens with one attached hydrogen (secondary N) is 2. The van der Waals surface area contributed by atoms with Crippen LogP contribution in [0.3, 0.4) is 0 Å². The van der Waals surface area contributed by atoms with Gasteiger partial charge in [-0.3, -0.25) is 4.79 Å². The van der Waals surface area contributed by atoms with Crippen molar-refractivity contribution in [2.24, 2.45) is 0 Å². The Bertz CT molecular complexity index is 641. The number of hydrogen-bond donors (Lipinski definition) is 2. The maximum atomic E-state index is 12.1. The van der Waals surface area contributed by atoms with Crippen LogP contribution in [0.4, 0.5) is 0 Å². The molecule has 2 rings (SSSR count). The second kappa shape index (κ2) is 6.13. The Morgan fingerprint density at radius 2 is 2.00 bits per heavy atom. The van der Waals surface area contributed by atoms with Gasteiger partial charge in [0, 0.05) is 33.7 Å². The predicted molar refractivity (Wildman–Crippen MR) is 80.9 cm³/mol. The van der Waals surface area contributed by atoms with E-state index in [0.29, 0.717) is 0 Å². The average molecular weight is 311 g/mol. The lowest BCUT2D eigenvalue weighted by atomic mass is 10.1. The Morgan fingerprint density at radius 3 is 2.67 bits per heavy atom. The van der Waals surface area contributed by atoms with E-state index in [1.54, 1.807) is 14.1 Å². The van der Waals surface area contributed by atoms with Crippen LogP contribution in [0.15, 0.2) is 18.2 Å². The molecule has 116 valence electrons. The minimum Gasteiger partial charge on any atom is -0.348 e. The summed E-state index contributed by atoms with van der Waals surface area (Å²) in [5, 5.41) is 2.15. The number of sulfonamides is 1. The molecule has 1 aliphatic rings. The van der Waals surface area contributed by atoms with Crippen molar-refractivity contribution in [1.29, 1.82) is 0 Å². The molecule has 1 atom stereocenters. The standard InChI is InChI=1S/C14H21N3O3S/c1-10(14(18)17(2)3)21(19,20)16-7-11-4-5-12-8-15-9-13(12)6-11/h4-6,10,15-16H,7-9H2,1-3H3. The van der Waals surface area contributed by atoms with Gasteiger partial charge in [-0.05, 0) is 23.6 Å². The summed E-state index contributed by atoms with van der Waals surface area (Å²) in [7, 11) is -0.587. The lowest BCUT2D eigenvalue weighted by Gasteiger charge is -2.17. The molecule has 21 heavy (non-hydrogen) atoms. The first-order valence-electron chi connectivity index (χ1n) is 6.82. The molecule has 1 amide bonds. The summed E-state index contributed by atoms with van der Waals surface area (Å²) < 4.78 is 26.7. The summed E-state index contributed by atoms with van der Waals surface area (Å²) >= 11 is 0. The molecule has 0 spiro atoms. The van der Waals surface area contributed by atoms with Gasteiger partial charge in [0.2, 0.25) is 15.9 Å². The summed E-state index contributed by atoms with van der Waals surface area (Å²) in [5.41, 5.74) is 3.34. The molecule has 0 saturated heterocycles. The fourth-order valence-electron chi connectivity index (χ4n) is 2.26. The Hall–Kier alpha value is -1.44. The van der Waals surface area contributed by atoms with Crippen LogP contribution in [0.2, 0.25) is 0 Å². The van der Waals surface area contributed by atoms with Crippen LogP contribution in [0.1, 0.15) is 23.6 Å². The average Bonchev–Trinajstić information content (AvgIpc) is 2.90. The number of nitrogens with zero attached hydrogens (tertiary/aromatic N) is 1. The minimum atomic E-state index is -3.67. The maximum Gasteiger partial charge on any atom is 0.241 e. The highest BCUT2D eigenvalue weighted by molar-refractivity contribution is 7.90. The van der Waals surface area contributed by atoms with Crippen LogP contribution in [0.25, 0.3) is 0 Å². The summed E-state index contributed by atoms with van der Waals surface area (Å²) in [6.07, 6.45) is 0. The van der Waals surface area contributed by atoms with Crippen LogP contribution in [0, 0.1) is 0 Å². The van der Waals surface area contributed by atoms with Gasteiger partial charge in [0.15, 0.2) is 5.25 Å². The molecule has 0 fully saturated rings. The molecule has 6 nitrogen and oxygen atoms in total. The molecule has 1 unspecified atom stereocenters. The summed E-state index contributed by atoms with van der Waals surface area (Å²) in [5.74, 6) is -0.430. The highest BCUT2D eigenvalue weighted by Gasteiger charge is 2.28. The second-order valence-electron chi connectivity index (χ2n) is 5.45. The smallest absolute Gasteiger partial charge is 0.241 e. The Balaban J connectivity index is 2.03. The van der Waals surface area contributed by atoms with Crippen LogP contribution in [-0.2, 0) is 34.5 Å². The van der Waals surface area contributed by atoms with Gasteiger partial charge >= 0.3 is 0 Å². The molecule has 0 aliphatic carbocycles. The maximum absolute atomic E-state index is 12.1. The number of carbonyl (C=O) groups is 1. The van der Waals surface area contributed by atoms with Gasteiger partial charge < -0.3 is 10.2 Å². The van der Waals surface area contributed by atoms with Gasteiger partial charge in [0.25, 0.3) is 0 Å². The van der Waals surface area contributed by atoms with Gasteiger partial charge in [-0.15, -0.1) is 0 Å². The van der Waals surface area contributed by atoms with Gasteiger partial charge in [0.05, 0.1) is 0 Å². The number of rotatable bonds is 5. The van der Waals surface area contributed by atoms with Gasteiger partial charge in [-0.1, -0.05) is 18.2 Å². The monoisotopic (exact) mass is 311 g/mol. The van der Waals surface area contributed by atoms with Crippen molar-refractivity contribution in [3.05, 3.63) is 34.9 Å². The van der Waals surface area contributed by atoms with E-state index in [0.717, 1.165) is 18.7 Å². The summed E-state index contributed by atoms with van der Waals surface area (Å²) in [4.78, 5) is 13.0. The van der Waals surface area contributed by atoms with E-state index in [1.807, 2.05) is 18.2 Å². The highest BCUT2D eigenvalue weighted by Crippen LogP contribution is 2.17. The molecule has 1 aliphatic heterocycles. The molecule has 1 aromatic rings. The zero-order chi connectivity index (χ0) is 15.6. The predicted octanol–water partition coefficient (Wildman–Crippen LogP) is 0.186. The fraction of sp³-hybridized carbons (Fsp3) is 0.500. The van der Waals surface area contributed by atoms with Crippen LogP contribution in [0.5, 0.6) is 0 Å². The third kappa shape index (κ3) is 3.61. The first-order chi connectivity index (χ1) is 9.81. The van der Waals surface area contributed by atoms with E-state index in [-0.39, 0.29) is 6.54 Å². The third-order valence-corrected chi connectivity index (χ3v) is 5.31. The van der Waals surface area contributed by atoms with E-state index in [1.165, 1.54) is 23.0 Å². The molecule has 1 heterocycles. The molecule has 1 aromatic carbocycles. The van der Waals surface area contributed by atoms with E-state index < -0.39 is 21.2 Å². The van der Waals surface area contributed by atoms with Crippen LogP contribution in [-0.4, -0.2) is 38.6 Å². The highest BCUT2D eigenvalue weighted by atomic mass is 32.2. The zero-order valence-electron chi connectivity index (χ0n) is 12.5. The van der Waals surface area contributed by atoms with Crippen molar-refractivity contribution in [2.45, 2.75) is 31.8 Å². The number of benzene rings is 1. The lowest BCUT2D eigenvalue weighted by molar-refractivity contribution is -0.127. The van der Waals surface area contributed by atoms with Gasteiger partial charge in [-0.25, -0.2) is 13.1 Å². The molecule has 0 radical (unpaired) electrons. The lowest BCUT2D eigenvalue weighted by Crippen LogP contribution is -2.42. The second-order valence-corrected chi connectivity index (χ2v) is 7.53. The first kappa shape index (κ1) is 15.9. The molecular weight excluding hydrogens is 290 g/mol. The normalized spacial score (nSPS) is 15.6. The van der Waals surface area contributed by atoms with Crippen molar-refractivity contribution < 1.29 is 13.2 Å². The van der Waals surface area contributed by atoms with Crippen LogP contribution < -0.4 is 10.0 Å².